The number of nitrogens with zero attached hydrogens (tertiary/aromatic N) is 1. The van der Waals surface area contributed by atoms with E-state index >= 15 is 0 Å². The van der Waals surface area contributed by atoms with Gasteiger partial charge in [-0.25, -0.2) is 0 Å². The van der Waals surface area contributed by atoms with E-state index < -0.39 is 16.8 Å². The van der Waals surface area contributed by atoms with Crippen LogP contribution in [0.5, 0.6) is 17.2 Å². The van der Waals surface area contributed by atoms with Gasteiger partial charge < -0.3 is 24.2 Å². The van der Waals surface area contributed by atoms with E-state index in [9.17, 15) is 14.7 Å². The second-order valence-corrected chi connectivity index (χ2v) is 11.8. The number of carbonyl (C=O) groups excluding carboxylic acids is 1. The number of carbonyl (C=O) groups is 2. The number of hydrogen-bond acceptors (Lipinski definition) is 6. The molecule has 0 radical (unpaired) electrons. The average Bonchev–Trinajstić information content (AvgIpc) is 3.20. The van der Waals surface area contributed by atoms with Crippen molar-refractivity contribution in [2.24, 2.45) is 0 Å². The highest BCUT2D eigenvalue weighted by molar-refractivity contribution is 8.01. The highest BCUT2D eigenvalue weighted by Gasteiger charge is 2.58. The molecule has 3 aromatic carbocycles. The predicted molar refractivity (Wildman–Crippen MR) is 156 cm³/mol. The van der Waals surface area contributed by atoms with Gasteiger partial charge in [0.2, 0.25) is 5.91 Å². The Morgan fingerprint density at radius 1 is 0.975 bits per heavy atom. The number of likely N-dealkylation sites (tertiary alicyclic amines) is 1. The van der Waals surface area contributed by atoms with Crippen LogP contribution in [-0.2, 0) is 16.0 Å². The number of methoxy groups -OCH3 is 1. The molecule has 1 N–H and O–H groups in total. The summed E-state index contributed by atoms with van der Waals surface area (Å²) >= 11 is 1.22. The average molecular weight is 564 g/mol. The first-order chi connectivity index (χ1) is 19.1. The van der Waals surface area contributed by atoms with Crippen molar-refractivity contribution in [2.45, 2.75) is 68.4 Å². The van der Waals surface area contributed by atoms with Gasteiger partial charge in [-0.2, -0.15) is 0 Å². The Morgan fingerprint density at radius 3 is 2.25 bits per heavy atom. The molecule has 0 aliphatic carbocycles. The van der Waals surface area contributed by atoms with Gasteiger partial charge >= 0.3 is 5.97 Å². The van der Waals surface area contributed by atoms with Crippen LogP contribution in [0.2, 0.25) is 0 Å². The fourth-order valence-corrected chi connectivity index (χ4v) is 6.38. The minimum Gasteiger partial charge on any atom is -0.493 e. The van der Waals surface area contributed by atoms with E-state index in [1.807, 2.05) is 88.4 Å². The lowest BCUT2D eigenvalue weighted by molar-refractivity contribution is -0.140. The molecule has 1 fully saturated rings. The first-order valence-electron chi connectivity index (χ1n) is 13.5. The summed E-state index contributed by atoms with van der Waals surface area (Å²) in [5.41, 5.74) is 1.72. The lowest BCUT2D eigenvalue weighted by Crippen LogP contribution is -2.42. The molecule has 0 saturated carbocycles. The van der Waals surface area contributed by atoms with Crippen molar-refractivity contribution in [2.75, 3.05) is 13.7 Å². The molecule has 0 unspecified atom stereocenters. The maximum atomic E-state index is 13.6. The number of carboxylic acids is 1. The summed E-state index contributed by atoms with van der Waals surface area (Å²) in [5.74, 6) is 0.623. The van der Waals surface area contributed by atoms with Crippen LogP contribution < -0.4 is 14.2 Å². The molecule has 1 aliphatic heterocycles. The van der Waals surface area contributed by atoms with E-state index in [2.05, 4.69) is 0 Å². The van der Waals surface area contributed by atoms with Gasteiger partial charge in [0.25, 0.3) is 0 Å². The zero-order valence-corrected chi connectivity index (χ0v) is 24.4. The van der Waals surface area contributed by atoms with Crippen molar-refractivity contribution >= 4 is 23.6 Å². The van der Waals surface area contributed by atoms with Crippen molar-refractivity contribution in [3.8, 4) is 17.2 Å². The number of ether oxygens (including phenoxy) is 3. The number of rotatable bonds is 12. The zero-order valence-electron chi connectivity index (χ0n) is 23.6. The topological polar surface area (TPSA) is 85.3 Å². The number of carboxylic acid groups (broad SMARTS) is 1. The Kier molecular flexibility index (Phi) is 9.30. The monoisotopic (exact) mass is 563 g/mol. The molecule has 40 heavy (non-hydrogen) atoms. The van der Waals surface area contributed by atoms with Crippen molar-refractivity contribution in [1.29, 1.82) is 0 Å². The summed E-state index contributed by atoms with van der Waals surface area (Å²) in [5, 5.41) is 10.7. The molecule has 1 aliphatic rings. The normalized spacial score (nSPS) is 18.8. The molecule has 2 atom stereocenters. The molecule has 0 aromatic heterocycles. The molecular formula is C32H37NO6S. The Bertz CT molecular complexity index is 1310. The summed E-state index contributed by atoms with van der Waals surface area (Å²) in [6, 6.07) is 21.9. The molecule has 1 saturated heterocycles. The first kappa shape index (κ1) is 29.3. The molecular weight excluding hydrogens is 526 g/mol. The highest BCUT2D eigenvalue weighted by atomic mass is 32.2. The summed E-state index contributed by atoms with van der Waals surface area (Å²) in [6.45, 7) is 8.18. The van der Waals surface area contributed by atoms with Crippen molar-refractivity contribution in [1.82, 2.24) is 4.90 Å². The number of amides is 1. The summed E-state index contributed by atoms with van der Waals surface area (Å²) < 4.78 is 15.8. The van der Waals surface area contributed by atoms with E-state index in [0.29, 0.717) is 30.0 Å². The molecule has 0 spiro atoms. The Labute approximate surface area is 240 Å². The predicted octanol–water partition coefficient (Wildman–Crippen LogP) is 6.40. The molecule has 4 rings (SSSR count). The van der Waals surface area contributed by atoms with Crippen molar-refractivity contribution in [3.05, 3.63) is 83.9 Å². The molecule has 0 bridgehead atoms. The standard InChI is InChI=1S/C32H37NO6S/c1-21(2)38-25-14-11-23(12-15-25)17-18-33-29(34)20-32(31(35)36,40-26-9-7-6-8-10-26)30(33)24-13-16-27(39-22(3)4)28(19-24)37-5/h6-16,19,21-22,30H,17-18,20H2,1-5H3,(H,35,36)/t30-,32-/m1/s1. The largest absolute Gasteiger partial charge is 0.493 e. The number of hydrogen-bond donors (Lipinski definition) is 1. The van der Waals surface area contributed by atoms with Gasteiger partial charge in [0, 0.05) is 11.4 Å². The van der Waals surface area contributed by atoms with Gasteiger partial charge in [-0.05, 0) is 81.6 Å². The van der Waals surface area contributed by atoms with Gasteiger partial charge in [0.1, 0.15) is 5.75 Å². The number of aliphatic carboxylic acids is 1. The second-order valence-electron chi connectivity index (χ2n) is 10.4. The van der Waals surface area contributed by atoms with Crippen molar-refractivity contribution < 1.29 is 28.9 Å². The van der Waals surface area contributed by atoms with Crippen LogP contribution in [0, 0.1) is 0 Å². The minimum atomic E-state index is -1.43. The lowest BCUT2D eigenvalue weighted by atomic mass is 9.92. The third-order valence-corrected chi connectivity index (χ3v) is 8.11. The van der Waals surface area contributed by atoms with E-state index in [0.717, 1.165) is 16.2 Å². The third kappa shape index (κ3) is 6.55. The van der Waals surface area contributed by atoms with Crippen LogP contribution in [-0.4, -0.2) is 52.5 Å². The van der Waals surface area contributed by atoms with E-state index in [-0.39, 0.29) is 24.5 Å². The lowest BCUT2D eigenvalue weighted by Gasteiger charge is -2.35. The first-order valence-corrected chi connectivity index (χ1v) is 14.3. The second kappa shape index (κ2) is 12.7. The minimum absolute atomic E-state index is 0.0617. The van der Waals surface area contributed by atoms with Gasteiger partial charge in [0.05, 0.1) is 31.8 Å². The molecule has 7 nitrogen and oxygen atoms in total. The molecule has 8 heteroatoms. The Morgan fingerprint density at radius 2 is 1.65 bits per heavy atom. The molecule has 3 aromatic rings. The number of thioether (sulfide) groups is 1. The Hall–Kier alpha value is -3.65. The summed E-state index contributed by atoms with van der Waals surface area (Å²) in [4.78, 5) is 29.2. The highest BCUT2D eigenvalue weighted by Crippen LogP contribution is 2.53. The van der Waals surface area contributed by atoms with Gasteiger partial charge in [-0.1, -0.05) is 36.4 Å². The van der Waals surface area contributed by atoms with E-state index in [1.54, 1.807) is 24.1 Å². The van der Waals surface area contributed by atoms with Crippen LogP contribution in [0.1, 0.15) is 51.3 Å². The van der Waals surface area contributed by atoms with Crippen LogP contribution in [0.25, 0.3) is 0 Å². The fourth-order valence-electron chi connectivity index (χ4n) is 5.01. The zero-order chi connectivity index (χ0) is 28.9. The van der Waals surface area contributed by atoms with Gasteiger partial charge in [-0.15, -0.1) is 11.8 Å². The summed E-state index contributed by atoms with van der Waals surface area (Å²) in [7, 11) is 1.56. The van der Waals surface area contributed by atoms with Crippen molar-refractivity contribution in [3.63, 3.8) is 0 Å². The third-order valence-electron chi connectivity index (χ3n) is 6.70. The maximum Gasteiger partial charge on any atom is 0.323 e. The smallest absolute Gasteiger partial charge is 0.323 e. The SMILES string of the molecule is COc1cc([C@H]2N(CCc3ccc(OC(C)C)cc3)C(=O)C[C@]2(Sc2ccccc2)C(=O)O)ccc1OC(C)C. The quantitative estimate of drug-likeness (QED) is 0.273. The van der Waals surface area contributed by atoms with Gasteiger partial charge in [0.15, 0.2) is 16.2 Å². The Balaban J connectivity index is 1.72. The molecule has 1 heterocycles. The molecule has 212 valence electrons. The maximum absolute atomic E-state index is 13.6. The van der Waals surface area contributed by atoms with E-state index in [4.69, 9.17) is 14.2 Å². The van der Waals surface area contributed by atoms with Crippen LogP contribution in [0.3, 0.4) is 0 Å². The van der Waals surface area contributed by atoms with Gasteiger partial charge in [-0.3, -0.25) is 9.59 Å². The van der Waals surface area contributed by atoms with Crippen LogP contribution >= 0.6 is 11.8 Å². The van der Waals surface area contributed by atoms with E-state index in [1.165, 1.54) is 11.8 Å². The molecule has 1 amide bonds. The van der Waals surface area contributed by atoms with Crippen LogP contribution in [0.15, 0.2) is 77.7 Å². The summed E-state index contributed by atoms with van der Waals surface area (Å²) in [6.07, 6.45) is 0.463. The fraction of sp³-hybridized carbons (Fsp3) is 0.375. The number of benzene rings is 3. The van der Waals surface area contributed by atoms with Crippen LogP contribution in [0.4, 0.5) is 0 Å².